The van der Waals surface area contributed by atoms with Crippen molar-refractivity contribution in [1.82, 2.24) is 14.8 Å². The van der Waals surface area contributed by atoms with E-state index in [4.69, 9.17) is 27.9 Å². The molecule has 9 heteroatoms. The molecular weight excluding hydrogens is 431 g/mol. The zero-order valence-electron chi connectivity index (χ0n) is 15.6. The number of carbonyl (C=O) groups is 1. The van der Waals surface area contributed by atoms with Crippen molar-refractivity contribution in [3.63, 3.8) is 0 Å². The van der Waals surface area contributed by atoms with E-state index in [0.29, 0.717) is 28.1 Å². The standard InChI is InChI=1S/C20H16Cl2N4O2S/c1-3-28-15-5-4-6-16-18(15)24-20(29-16)26-17(9-11(2)25-26)23-19(27)13-8-7-12(21)10-14(13)22/h4-10H,3H2,1-2H3,(H,23,27). The molecule has 0 aliphatic heterocycles. The molecule has 2 aromatic heterocycles. The van der Waals surface area contributed by atoms with Crippen molar-refractivity contribution in [2.24, 2.45) is 0 Å². The van der Waals surface area contributed by atoms with Gasteiger partial charge in [0.25, 0.3) is 5.91 Å². The Hall–Kier alpha value is -2.61. The third-order valence-corrected chi connectivity index (χ3v) is 5.64. The summed E-state index contributed by atoms with van der Waals surface area (Å²) in [6.45, 7) is 4.33. The summed E-state index contributed by atoms with van der Waals surface area (Å²) in [5.74, 6) is 0.856. The summed E-state index contributed by atoms with van der Waals surface area (Å²) in [4.78, 5) is 17.4. The van der Waals surface area contributed by atoms with Gasteiger partial charge >= 0.3 is 0 Å². The molecule has 6 nitrogen and oxygen atoms in total. The van der Waals surface area contributed by atoms with E-state index < -0.39 is 0 Å². The molecule has 1 N–H and O–H groups in total. The average molecular weight is 447 g/mol. The molecule has 148 valence electrons. The van der Waals surface area contributed by atoms with E-state index in [1.807, 2.05) is 32.0 Å². The van der Waals surface area contributed by atoms with E-state index in [-0.39, 0.29) is 10.9 Å². The number of nitrogens with zero attached hydrogens (tertiary/aromatic N) is 3. The molecule has 4 aromatic rings. The zero-order valence-corrected chi connectivity index (χ0v) is 17.9. The fourth-order valence-corrected chi connectivity index (χ4v) is 4.31. The van der Waals surface area contributed by atoms with Crippen LogP contribution in [0.2, 0.25) is 10.0 Å². The Bertz CT molecular complexity index is 1220. The Morgan fingerprint density at radius 2 is 2.07 bits per heavy atom. The van der Waals surface area contributed by atoms with Crippen molar-refractivity contribution in [2.75, 3.05) is 11.9 Å². The van der Waals surface area contributed by atoms with Gasteiger partial charge in [0.15, 0.2) is 0 Å². The van der Waals surface area contributed by atoms with Crippen LogP contribution >= 0.6 is 34.5 Å². The van der Waals surface area contributed by atoms with Gasteiger partial charge in [-0.2, -0.15) is 9.78 Å². The number of halogens is 2. The highest BCUT2D eigenvalue weighted by Gasteiger charge is 2.18. The van der Waals surface area contributed by atoms with Crippen LogP contribution in [0, 0.1) is 6.92 Å². The molecule has 0 radical (unpaired) electrons. The lowest BCUT2D eigenvalue weighted by Crippen LogP contribution is -2.15. The Kier molecular flexibility index (Phi) is 5.45. The minimum Gasteiger partial charge on any atom is -0.492 e. The second-order valence-electron chi connectivity index (χ2n) is 6.19. The highest BCUT2D eigenvalue weighted by Crippen LogP contribution is 2.33. The summed E-state index contributed by atoms with van der Waals surface area (Å²) in [5.41, 5.74) is 1.83. The number of fused-ring (bicyclic) bond motifs is 1. The maximum Gasteiger partial charge on any atom is 0.258 e. The van der Waals surface area contributed by atoms with Crippen molar-refractivity contribution in [3.05, 3.63) is 63.8 Å². The topological polar surface area (TPSA) is 69.0 Å². The van der Waals surface area contributed by atoms with Gasteiger partial charge in [-0.15, -0.1) is 0 Å². The highest BCUT2D eigenvalue weighted by molar-refractivity contribution is 7.20. The number of carbonyl (C=O) groups excluding carboxylic acids is 1. The molecule has 0 saturated heterocycles. The second-order valence-corrected chi connectivity index (χ2v) is 8.05. The summed E-state index contributed by atoms with van der Waals surface area (Å²) in [7, 11) is 0. The van der Waals surface area contributed by atoms with Gasteiger partial charge in [0, 0.05) is 11.1 Å². The number of hydrogen-bond acceptors (Lipinski definition) is 5. The minimum atomic E-state index is -0.357. The predicted octanol–water partition coefficient (Wildman–Crippen LogP) is 5.75. The lowest BCUT2D eigenvalue weighted by atomic mass is 10.2. The SMILES string of the molecule is CCOc1cccc2sc(-n3nc(C)cc3NC(=O)c3ccc(Cl)cc3Cl)nc12. The van der Waals surface area contributed by atoms with Crippen LogP contribution in [0.15, 0.2) is 42.5 Å². The van der Waals surface area contributed by atoms with Crippen molar-refractivity contribution in [3.8, 4) is 10.9 Å². The number of para-hydroxylation sites is 1. The van der Waals surface area contributed by atoms with Crippen molar-refractivity contribution < 1.29 is 9.53 Å². The molecule has 4 rings (SSSR count). The smallest absolute Gasteiger partial charge is 0.258 e. The van der Waals surface area contributed by atoms with Gasteiger partial charge in [-0.3, -0.25) is 4.79 Å². The first kappa shape index (κ1) is 19.7. The van der Waals surface area contributed by atoms with Crippen LogP contribution in [0.1, 0.15) is 23.0 Å². The lowest BCUT2D eigenvalue weighted by Gasteiger charge is -2.08. The molecule has 0 bridgehead atoms. The number of ether oxygens (including phenoxy) is 1. The lowest BCUT2D eigenvalue weighted by molar-refractivity contribution is 0.102. The van der Waals surface area contributed by atoms with Crippen LogP contribution in [-0.4, -0.2) is 27.3 Å². The number of hydrogen-bond donors (Lipinski definition) is 1. The second kappa shape index (κ2) is 8.02. The van der Waals surface area contributed by atoms with Gasteiger partial charge in [-0.1, -0.05) is 40.6 Å². The normalized spacial score (nSPS) is 11.0. The first-order chi connectivity index (χ1) is 14.0. The largest absolute Gasteiger partial charge is 0.492 e. The number of thiazole rings is 1. The van der Waals surface area contributed by atoms with Gasteiger partial charge in [0.1, 0.15) is 17.1 Å². The number of aromatic nitrogens is 3. The number of amides is 1. The van der Waals surface area contributed by atoms with Crippen LogP contribution in [0.5, 0.6) is 5.75 Å². The van der Waals surface area contributed by atoms with Crippen molar-refractivity contribution in [2.45, 2.75) is 13.8 Å². The van der Waals surface area contributed by atoms with Gasteiger partial charge in [0.2, 0.25) is 5.13 Å². The Morgan fingerprint density at radius 1 is 1.24 bits per heavy atom. The average Bonchev–Trinajstić information content (AvgIpc) is 3.25. The fraction of sp³-hybridized carbons (Fsp3) is 0.150. The van der Waals surface area contributed by atoms with E-state index in [9.17, 15) is 4.79 Å². The molecule has 1 amide bonds. The van der Waals surface area contributed by atoms with E-state index in [2.05, 4.69) is 15.4 Å². The first-order valence-electron chi connectivity index (χ1n) is 8.82. The Morgan fingerprint density at radius 3 is 2.83 bits per heavy atom. The van der Waals surface area contributed by atoms with E-state index in [1.54, 1.807) is 22.9 Å². The molecule has 2 heterocycles. The van der Waals surface area contributed by atoms with Crippen molar-refractivity contribution >= 4 is 56.5 Å². The van der Waals surface area contributed by atoms with Crippen molar-refractivity contribution in [1.29, 1.82) is 0 Å². The van der Waals surface area contributed by atoms with E-state index in [0.717, 1.165) is 21.7 Å². The third kappa shape index (κ3) is 3.94. The number of rotatable bonds is 5. The third-order valence-electron chi connectivity index (χ3n) is 4.10. The van der Waals surface area contributed by atoms with Crippen LogP contribution in [0.3, 0.4) is 0 Å². The summed E-state index contributed by atoms with van der Waals surface area (Å²) < 4.78 is 8.25. The summed E-state index contributed by atoms with van der Waals surface area (Å²) in [6, 6.07) is 12.3. The molecule has 0 spiro atoms. The van der Waals surface area contributed by atoms with Gasteiger partial charge in [0.05, 0.1) is 27.6 Å². The van der Waals surface area contributed by atoms with Gasteiger partial charge in [-0.05, 0) is 44.2 Å². The fourth-order valence-electron chi connectivity index (χ4n) is 2.87. The molecule has 0 fully saturated rings. The van der Waals surface area contributed by atoms with Gasteiger partial charge < -0.3 is 10.1 Å². The molecule has 29 heavy (non-hydrogen) atoms. The van der Waals surface area contributed by atoms with E-state index >= 15 is 0 Å². The predicted molar refractivity (Wildman–Crippen MR) is 117 cm³/mol. The monoisotopic (exact) mass is 446 g/mol. The Balaban J connectivity index is 1.71. The van der Waals surface area contributed by atoms with Crippen LogP contribution in [0.4, 0.5) is 5.82 Å². The summed E-state index contributed by atoms with van der Waals surface area (Å²) >= 11 is 13.5. The van der Waals surface area contributed by atoms with Crippen LogP contribution < -0.4 is 10.1 Å². The first-order valence-corrected chi connectivity index (χ1v) is 10.4. The highest BCUT2D eigenvalue weighted by atomic mass is 35.5. The molecule has 0 unspecified atom stereocenters. The molecule has 0 saturated carbocycles. The zero-order chi connectivity index (χ0) is 20.5. The maximum absolute atomic E-state index is 12.7. The number of nitrogens with one attached hydrogen (secondary N) is 1. The number of benzene rings is 2. The summed E-state index contributed by atoms with van der Waals surface area (Å²) in [5, 5.41) is 8.71. The maximum atomic E-state index is 12.7. The molecular formula is C20H16Cl2N4O2S. The van der Waals surface area contributed by atoms with Crippen LogP contribution in [0.25, 0.3) is 15.3 Å². The number of anilines is 1. The summed E-state index contributed by atoms with van der Waals surface area (Å²) in [6.07, 6.45) is 0. The number of aryl methyl sites for hydroxylation is 1. The molecule has 0 atom stereocenters. The van der Waals surface area contributed by atoms with Crippen LogP contribution in [-0.2, 0) is 0 Å². The van der Waals surface area contributed by atoms with E-state index in [1.165, 1.54) is 17.4 Å². The molecule has 2 aromatic carbocycles. The quantitative estimate of drug-likeness (QED) is 0.423. The van der Waals surface area contributed by atoms with Gasteiger partial charge in [-0.25, -0.2) is 4.98 Å². The molecule has 0 aliphatic rings. The molecule has 0 aliphatic carbocycles. The Labute approximate surface area is 181 Å². The minimum absolute atomic E-state index is 0.277.